The van der Waals surface area contributed by atoms with E-state index in [1.807, 2.05) is 44.2 Å². The SMILES string of the molecule is CN(C)S(=O)(=O)N(C)c1ccc(C(=O)NC(C)(C)Cc2ccccc2)cc1. The Balaban J connectivity index is 2.09. The van der Waals surface area contributed by atoms with Crippen molar-refractivity contribution >= 4 is 21.8 Å². The molecule has 1 N–H and O–H groups in total. The minimum Gasteiger partial charge on any atom is -0.347 e. The van der Waals surface area contributed by atoms with Gasteiger partial charge in [0.2, 0.25) is 0 Å². The first-order valence-corrected chi connectivity index (χ1v) is 10.1. The first-order valence-electron chi connectivity index (χ1n) is 8.66. The molecule has 2 aromatic carbocycles. The molecule has 2 rings (SSSR count). The van der Waals surface area contributed by atoms with Crippen LogP contribution in [0.15, 0.2) is 54.6 Å². The molecule has 0 aliphatic carbocycles. The Labute approximate surface area is 162 Å². The fourth-order valence-electron chi connectivity index (χ4n) is 2.73. The van der Waals surface area contributed by atoms with E-state index in [1.165, 1.54) is 25.4 Å². The second-order valence-corrected chi connectivity index (χ2v) is 9.48. The molecule has 0 aliphatic heterocycles. The van der Waals surface area contributed by atoms with Crippen molar-refractivity contribution < 1.29 is 13.2 Å². The smallest absolute Gasteiger partial charge is 0.303 e. The predicted molar refractivity (Wildman–Crippen MR) is 109 cm³/mol. The molecule has 27 heavy (non-hydrogen) atoms. The third-order valence-corrected chi connectivity index (χ3v) is 6.07. The average Bonchev–Trinajstić information content (AvgIpc) is 2.61. The van der Waals surface area contributed by atoms with Crippen LogP contribution in [0, 0.1) is 0 Å². The molecule has 146 valence electrons. The van der Waals surface area contributed by atoms with Gasteiger partial charge in [-0.05, 0) is 50.1 Å². The summed E-state index contributed by atoms with van der Waals surface area (Å²) in [5.74, 6) is -0.194. The highest BCUT2D eigenvalue weighted by Gasteiger charge is 2.23. The molecule has 0 saturated carbocycles. The third-order valence-electron chi connectivity index (χ3n) is 4.24. The maximum Gasteiger partial charge on any atom is 0.303 e. The van der Waals surface area contributed by atoms with E-state index >= 15 is 0 Å². The second kappa shape index (κ2) is 8.10. The molecule has 0 radical (unpaired) electrons. The quantitative estimate of drug-likeness (QED) is 0.792. The number of benzene rings is 2. The fourth-order valence-corrected chi connectivity index (χ4v) is 3.61. The zero-order chi connectivity index (χ0) is 20.2. The van der Waals surface area contributed by atoms with E-state index < -0.39 is 15.7 Å². The summed E-state index contributed by atoms with van der Waals surface area (Å²) < 4.78 is 26.7. The molecule has 0 aromatic heterocycles. The van der Waals surface area contributed by atoms with Gasteiger partial charge in [0.15, 0.2) is 0 Å². The van der Waals surface area contributed by atoms with Gasteiger partial charge in [0.05, 0.1) is 5.69 Å². The molecule has 2 aromatic rings. The first-order chi connectivity index (χ1) is 12.5. The zero-order valence-electron chi connectivity index (χ0n) is 16.4. The van der Waals surface area contributed by atoms with E-state index in [0.717, 1.165) is 9.87 Å². The largest absolute Gasteiger partial charge is 0.347 e. The van der Waals surface area contributed by atoms with Crippen LogP contribution in [-0.2, 0) is 16.6 Å². The summed E-state index contributed by atoms with van der Waals surface area (Å²) in [5.41, 5.74) is 1.70. The third kappa shape index (κ3) is 5.30. The van der Waals surface area contributed by atoms with Crippen molar-refractivity contribution in [1.82, 2.24) is 9.62 Å². The molecule has 0 bridgehead atoms. The first kappa shape index (κ1) is 20.9. The average molecular weight is 390 g/mol. The molecule has 0 unspecified atom stereocenters. The van der Waals surface area contributed by atoms with Gasteiger partial charge in [0, 0.05) is 32.2 Å². The Morgan fingerprint density at radius 2 is 1.52 bits per heavy atom. The lowest BCUT2D eigenvalue weighted by atomic mass is 9.94. The fraction of sp³-hybridized carbons (Fsp3) is 0.350. The van der Waals surface area contributed by atoms with Gasteiger partial charge >= 0.3 is 10.2 Å². The summed E-state index contributed by atoms with van der Waals surface area (Å²) in [5, 5.41) is 3.04. The summed E-state index contributed by atoms with van der Waals surface area (Å²) in [6.45, 7) is 3.95. The van der Waals surface area contributed by atoms with Crippen molar-refractivity contribution in [2.45, 2.75) is 25.8 Å². The van der Waals surface area contributed by atoms with Crippen LogP contribution in [0.2, 0.25) is 0 Å². The van der Waals surface area contributed by atoms with Crippen molar-refractivity contribution in [3.63, 3.8) is 0 Å². The van der Waals surface area contributed by atoms with Crippen LogP contribution >= 0.6 is 0 Å². The lowest BCUT2D eigenvalue weighted by Crippen LogP contribution is -2.45. The van der Waals surface area contributed by atoms with Gasteiger partial charge < -0.3 is 5.32 Å². The van der Waals surface area contributed by atoms with E-state index in [9.17, 15) is 13.2 Å². The van der Waals surface area contributed by atoms with E-state index in [0.29, 0.717) is 17.7 Å². The molecule has 7 heteroatoms. The number of hydrogen-bond donors (Lipinski definition) is 1. The number of carbonyl (C=O) groups excluding carboxylic acids is 1. The number of carbonyl (C=O) groups is 1. The number of nitrogens with one attached hydrogen (secondary N) is 1. The highest BCUT2D eigenvalue weighted by Crippen LogP contribution is 2.19. The lowest BCUT2D eigenvalue weighted by Gasteiger charge is -2.27. The van der Waals surface area contributed by atoms with E-state index in [-0.39, 0.29) is 5.91 Å². The summed E-state index contributed by atoms with van der Waals surface area (Å²) in [6, 6.07) is 16.5. The van der Waals surface area contributed by atoms with Crippen LogP contribution < -0.4 is 9.62 Å². The van der Waals surface area contributed by atoms with Crippen molar-refractivity contribution in [2.75, 3.05) is 25.4 Å². The molecule has 1 amide bonds. The number of anilines is 1. The lowest BCUT2D eigenvalue weighted by molar-refractivity contribution is 0.0913. The van der Waals surface area contributed by atoms with Gasteiger partial charge in [0.25, 0.3) is 5.91 Å². The molecule has 0 spiro atoms. The summed E-state index contributed by atoms with van der Waals surface area (Å²) in [6.07, 6.45) is 0.710. The van der Waals surface area contributed by atoms with Crippen LogP contribution in [0.25, 0.3) is 0 Å². The molecular formula is C20H27N3O3S. The topological polar surface area (TPSA) is 69.7 Å². The molecule has 0 aliphatic rings. The highest BCUT2D eigenvalue weighted by molar-refractivity contribution is 7.90. The number of nitrogens with zero attached hydrogens (tertiary/aromatic N) is 2. The second-order valence-electron chi connectivity index (χ2n) is 7.30. The van der Waals surface area contributed by atoms with Crippen LogP contribution in [0.4, 0.5) is 5.69 Å². The maximum absolute atomic E-state index is 12.6. The minimum atomic E-state index is -3.56. The van der Waals surface area contributed by atoms with Crippen molar-refractivity contribution in [3.05, 3.63) is 65.7 Å². The van der Waals surface area contributed by atoms with Gasteiger partial charge in [-0.1, -0.05) is 30.3 Å². The highest BCUT2D eigenvalue weighted by atomic mass is 32.2. The minimum absolute atomic E-state index is 0.194. The number of hydrogen-bond acceptors (Lipinski definition) is 3. The van der Waals surface area contributed by atoms with E-state index in [1.54, 1.807) is 24.3 Å². The molecule has 6 nitrogen and oxygen atoms in total. The van der Waals surface area contributed by atoms with Gasteiger partial charge in [-0.3, -0.25) is 9.10 Å². The summed E-state index contributed by atoms with van der Waals surface area (Å²) in [4.78, 5) is 12.6. The van der Waals surface area contributed by atoms with Crippen molar-refractivity contribution in [2.24, 2.45) is 0 Å². The molecular weight excluding hydrogens is 362 g/mol. The van der Waals surface area contributed by atoms with Crippen molar-refractivity contribution in [1.29, 1.82) is 0 Å². The van der Waals surface area contributed by atoms with Gasteiger partial charge in [-0.25, -0.2) is 0 Å². The summed E-state index contributed by atoms with van der Waals surface area (Å²) >= 11 is 0. The van der Waals surface area contributed by atoms with E-state index in [4.69, 9.17) is 0 Å². The van der Waals surface area contributed by atoms with Crippen molar-refractivity contribution in [3.8, 4) is 0 Å². The van der Waals surface area contributed by atoms with Gasteiger partial charge in [0.1, 0.15) is 0 Å². The molecule has 0 heterocycles. The molecule has 0 atom stereocenters. The Morgan fingerprint density at radius 1 is 0.963 bits per heavy atom. The Hall–Kier alpha value is -2.38. The Kier molecular flexibility index (Phi) is 6.28. The maximum atomic E-state index is 12.6. The zero-order valence-corrected chi connectivity index (χ0v) is 17.2. The molecule has 0 saturated heterocycles. The van der Waals surface area contributed by atoms with Crippen LogP contribution in [0.3, 0.4) is 0 Å². The number of amides is 1. The van der Waals surface area contributed by atoms with Gasteiger partial charge in [-0.2, -0.15) is 12.7 Å². The summed E-state index contributed by atoms with van der Waals surface area (Å²) in [7, 11) is 0.869. The normalized spacial score (nSPS) is 12.1. The number of rotatable bonds is 7. The standard InChI is InChI=1S/C20H27N3O3S/c1-20(2,15-16-9-7-6-8-10-16)21-19(24)17-11-13-18(14-12-17)23(5)27(25,26)22(3)4/h6-14H,15H2,1-5H3,(H,21,24). The Bertz CT molecular complexity index is 876. The molecule has 0 fully saturated rings. The van der Waals surface area contributed by atoms with Crippen LogP contribution in [-0.4, -0.2) is 45.3 Å². The van der Waals surface area contributed by atoms with E-state index in [2.05, 4.69) is 5.32 Å². The van der Waals surface area contributed by atoms with Gasteiger partial charge in [-0.15, -0.1) is 0 Å². The monoisotopic (exact) mass is 389 g/mol. The van der Waals surface area contributed by atoms with Crippen LogP contribution in [0.5, 0.6) is 0 Å². The Morgan fingerprint density at radius 3 is 2.04 bits per heavy atom. The van der Waals surface area contributed by atoms with Crippen LogP contribution in [0.1, 0.15) is 29.8 Å². The predicted octanol–water partition coefficient (Wildman–Crippen LogP) is 2.68.